The van der Waals surface area contributed by atoms with E-state index in [9.17, 15) is 14.7 Å². The summed E-state index contributed by atoms with van der Waals surface area (Å²) in [4.78, 5) is 25.9. The van der Waals surface area contributed by atoms with Crippen LogP contribution in [0.1, 0.15) is 37.7 Å². The first kappa shape index (κ1) is 17.7. The van der Waals surface area contributed by atoms with Gasteiger partial charge in [0.2, 0.25) is 0 Å². The van der Waals surface area contributed by atoms with Crippen LogP contribution in [-0.2, 0) is 4.79 Å². The fraction of sp³-hybridized carbons (Fsp3) is 0.444. The maximum absolute atomic E-state index is 11.9. The highest BCUT2D eigenvalue weighted by Gasteiger charge is 2.26. The topological polar surface area (TPSA) is 78.9 Å². The number of ether oxygens (including phenoxy) is 1. The maximum Gasteiger partial charge on any atom is 0.290 e. The van der Waals surface area contributed by atoms with Crippen molar-refractivity contribution >= 4 is 34.7 Å². The summed E-state index contributed by atoms with van der Waals surface area (Å²) in [6.07, 6.45) is 7.55. The van der Waals surface area contributed by atoms with Crippen LogP contribution in [0, 0.1) is 0 Å². The number of carbonyl (C=O) groups excluding carboxylic acids is 2. The Morgan fingerprint density at radius 1 is 1.16 bits per heavy atom. The van der Waals surface area contributed by atoms with Crippen LogP contribution < -0.4 is 15.0 Å². The molecule has 134 valence electrons. The molecule has 25 heavy (non-hydrogen) atoms. The first-order valence-electron chi connectivity index (χ1n) is 8.49. The van der Waals surface area contributed by atoms with Gasteiger partial charge in [-0.3, -0.25) is 14.9 Å². The van der Waals surface area contributed by atoms with E-state index in [0.717, 1.165) is 43.4 Å². The minimum Gasteiger partial charge on any atom is -0.504 e. The number of carbonyl (C=O) groups is 2. The molecule has 0 unspecified atom stereocenters. The highest BCUT2D eigenvalue weighted by molar-refractivity contribution is 8.18. The molecule has 0 atom stereocenters. The summed E-state index contributed by atoms with van der Waals surface area (Å²) in [7, 11) is 1.52. The summed E-state index contributed by atoms with van der Waals surface area (Å²) in [6.45, 7) is 1.84. The van der Waals surface area contributed by atoms with Crippen LogP contribution in [0.5, 0.6) is 11.5 Å². The van der Waals surface area contributed by atoms with Crippen LogP contribution in [0.3, 0.4) is 0 Å². The van der Waals surface area contributed by atoms with Crippen LogP contribution in [-0.4, -0.2) is 36.5 Å². The predicted molar refractivity (Wildman–Crippen MR) is 99.1 cm³/mol. The monoisotopic (exact) mass is 362 g/mol. The molecular weight excluding hydrogens is 340 g/mol. The van der Waals surface area contributed by atoms with E-state index < -0.39 is 5.91 Å². The molecule has 0 aromatic heterocycles. The molecule has 1 aromatic carbocycles. The average molecular weight is 362 g/mol. The van der Waals surface area contributed by atoms with E-state index in [1.165, 1.54) is 26.4 Å². The van der Waals surface area contributed by atoms with Crippen LogP contribution in [0.4, 0.5) is 10.5 Å². The normalized spacial score (nSPS) is 20.4. The first-order valence-corrected chi connectivity index (χ1v) is 9.31. The van der Waals surface area contributed by atoms with Crippen molar-refractivity contribution in [2.75, 3.05) is 25.1 Å². The SMILES string of the molecule is COc1cc(N2CCCCCCC2)c(/C=C2\SC(=O)NC2=O)cc1O. The molecule has 2 N–H and O–H groups in total. The number of methoxy groups -OCH3 is 1. The third-order valence-electron chi connectivity index (χ3n) is 4.45. The Hall–Kier alpha value is -2.15. The second kappa shape index (κ2) is 7.82. The Morgan fingerprint density at radius 3 is 2.44 bits per heavy atom. The van der Waals surface area contributed by atoms with Crippen molar-refractivity contribution in [2.24, 2.45) is 0 Å². The number of nitrogens with zero attached hydrogens (tertiary/aromatic N) is 1. The van der Waals surface area contributed by atoms with Gasteiger partial charge in [-0.25, -0.2) is 0 Å². The van der Waals surface area contributed by atoms with Crippen LogP contribution >= 0.6 is 11.8 Å². The molecule has 2 saturated heterocycles. The molecule has 2 heterocycles. The number of amides is 2. The number of benzene rings is 1. The third-order valence-corrected chi connectivity index (χ3v) is 5.26. The quantitative estimate of drug-likeness (QED) is 0.802. The molecule has 2 fully saturated rings. The van der Waals surface area contributed by atoms with Crippen molar-refractivity contribution in [3.8, 4) is 11.5 Å². The minimum absolute atomic E-state index is 0.0138. The van der Waals surface area contributed by atoms with Crippen LogP contribution in [0.25, 0.3) is 6.08 Å². The maximum atomic E-state index is 11.9. The molecule has 0 aliphatic carbocycles. The standard InChI is InChI=1S/C18H22N2O4S/c1-24-15-11-13(20-7-5-3-2-4-6-8-20)12(9-14(15)21)10-16-17(22)19-18(23)25-16/h9-11,21H,2-8H2,1H3,(H,19,22,23)/b16-10-. The highest BCUT2D eigenvalue weighted by Crippen LogP contribution is 2.38. The zero-order valence-electron chi connectivity index (χ0n) is 14.2. The number of phenols is 1. The Balaban J connectivity index is 2.00. The van der Waals surface area contributed by atoms with Gasteiger partial charge in [0.05, 0.1) is 12.0 Å². The van der Waals surface area contributed by atoms with Crippen molar-refractivity contribution in [1.82, 2.24) is 5.32 Å². The van der Waals surface area contributed by atoms with Gasteiger partial charge in [0.1, 0.15) is 0 Å². The average Bonchev–Trinajstić information content (AvgIpc) is 2.85. The molecule has 2 amide bonds. The largest absolute Gasteiger partial charge is 0.504 e. The van der Waals surface area contributed by atoms with E-state index in [4.69, 9.17) is 4.74 Å². The van der Waals surface area contributed by atoms with Crippen molar-refractivity contribution in [2.45, 2.75) is 32.1 Å². The van der Waals surface area contributed by atoms with Gasteiger partial charge in [-0.2, -0.15) is 0 Å². The number of nitrogens with one attached hydrogen (secondary N) is 1. The van der Waals surface area contributed by atoms with Crippen molar-refractivity contribution in [3.63, 3.8) is 0 Å². The lowest BCUT2D eigenvalue weighted by atomic mass is 10.0. The van der Waals surface area contributed by atoms with Gasteiger partial charge >= 0.3 is 0 Å². The molecule has 0 saturated carbocycles. The zero-order valence-corrected chi connectivity index (χ0v) is 15.0. The summed E-state index contributed by atoms with van der Waals surface area (Å²) in [5, 5.41) is 12.0. The Kier molecular flexibility index (Phi) is 5.53. The molecule has 0 spiro atoms. The second-order valence-electron chi connectivity index (χ2n) is 6.19. The van der Waals surface area contributed by atoms with E-state index in [-0.39, 0.29) is 11.0 Å². The Bertz CT molecular complexity index is 709. The molecule has 2 aliphatic rings. The van der Waals surface area contributed by atoms with Crippen LogP contribution in [0.15, 0.2) is 17.0 Å². The Labute approximate surface area is 151 Å². The lowest BCUT2D eigenvalue weighted by molar-refractivity contribution is -0.115. The predicted octanol–water partition coefficient (Wildman–Crippen LogP) is 3.50. The summed E-state index contributed by atoms with van der Waals surface area (Å²) in [5.74, 6) is 0.0163. The fourth-order valence-electron chi connectivity index (χ4n) is 3.18. The van der Waals surface area contributed by atoms with Gasteiger partial charge in [0.25, 0.3) is 11.1 Å². The number of anilines is 1. The minimum atomic E-state index is -0.399. The second-order valence-corrected chi connectivity index (χ2v) is 7.20. The number of aromatic hydroxyl groups is 1. The number of hydrogen-bond acceptors (Lipinski definition) is 6. The lowest BCUT2D eigenvalue weighted by Gasteiger charge is -2.29. The lowest BCUT2D eigenvalue weighted by Crippen LogP contribution is -2.27. The molecular formula is C18H22N2O4S. The van der Waals surface area contributed by atoms with Gasteiger partial charge in [0, 0.05) is 30.4 Å². The number of rotatable bonds is 3. The number of imide groups is 1. The van der Waals surface area contributed by atoms with Crippen molar-refractivity contribution < 1.29 is 19.4 Å². The zero-order chi connectivity index (χ0) is 17.8. The van der Waals surface area contributed by atoms with E-state index in [2.05, 4.69) is 10.2 Å². The molecule has 3 rings (SSSR count). The van der Waals surface area contributed by atoms with Gasteiger partial charge < -0.3 is 14.7 Å². The van der Waals surface area contributed by atoms with E-state index in [0.29, 0.717) is 16.2 Å². The van der Waals surface area contributed by atoms with Gasteiger partial charge in [-0.15, -0.1) is 0 Å². The summed E-state index contributed by atoms with van der Waals surface area (Å²) < 4.78 is 5.26. The molecule has 1 aromatic rings. The summed E-state index contributed by atoms with van der Waals surface area (Å²) in [5.41, 5.74) is 1.63. The van der Waals surface area contributed by atoms with Gasteiger partial charge in [-0.05, 0) is 36.7 Å². The number of hydrogen-bond donors (Lipinski definition) is 2. The third kappa shape index (κ3) is 4.10. The van der Waals surface area contributed by atoms with E-state index >= 15 is 0 Å². The molecule has 2 aliphatic heterocycles. The summed E-state index contributed by atoms with van der Waals surface area (Å²) >= 11 is 0.877. The van der Waals surface area contributed by atoms with E-state index in [1.807, 2.05) is 6.07 Å². The van der Waals surface area contributed by atoms with Crippen molar-refractivity contribution in [3.05, 3.63) is 22.6 Å². The first-order chi connectivity index (χ1) is 12.1. The van der Waals surface area contributed by atoms with Crippen molar-refractivity contribution in [1.29, 1.82) is 0 Å². The van der Waals surface area contributed by atoms with Gasteiger partial charge in [-0.1, -0.05) is 19.3 Å². The molecule has 0 bridgehead atoms. The molecule has 6 nitrogen and oxygen atoms in total. The Morgan fingerprint density at radius 2 is 1.84 bits per heavy atom. The molecule has 0 radical (unpaired) electrons. The number of phenolic OH excluding ortho intramolecular Hbond substituents is 1. The van der Waals surface area contributed by atoms with Gasteiger partial charge in [0.15, 0.2) is 11.5 Å². The van der Waals surface area contributed by atoms with E-state index in [1.54, 1.807) is 12.1 Å². The number of thioether (sulfide) groups is 1. The summed E-state index contributed by atoms with van der Waals surface area (Å²) in [6, 6.07) is 3.40. The molecule has 7 heteroatoms. The van der Waals surface area contributed by atoms with Crippen LogP contribution in [0.2, 0.25) is 0 Å². The fourth-order valence-corrected chi connectivity index (χ4v) is 3.85. The smallest absolute Gasteiger partial charge is 0.290 e. The highest BCUT2D eigenvalue weighted by atomic mass is 32.2.